The van der Waals surface area contributed by atoms with Gasteiger partial charge in [0, 0.05) is 29.2 Å². The number of aliphatic hydroxyl groups is 1. The molecule has 5 rings (SSSR count). The van der Waals surface area contributed by atoms with Crippen molar-refractivity contribution in [3.8, 4) is 11.8 Å². The third-order valence-corrected chi connectivity index (χ3v) is 9.02. The maximum Gasteiger partial charge on any atom is 0.457 e. The van der Waals surface area contributed by atoms with E-state index in [1.165, 1.54) is 24.0 Å². The van der Waals surface area contributed by atoms with Gasteiger partial charge in [-0.15, -0.1) is 0 Å². The predicted octanol–water partition coefficient (Wildman–Crippen LogP) is 6.09. The zero-order valence-electron chi connectivity index (χ0n) is 20.0. The van der Waals surface area contributed by atoms with Crippen LogP contribution in [0.15, 0.2) is 47.1 Å². The van der Waals surface area contributed by atoms with Gasteiger partial charge >= 0.3 is 6.18 Å². The van der Waals surface area contributed by atoms with Crippen LogP contribution < -0.4 is 0 Å². The molecule has 184 valence electrons. The van der Waals surface area contributed by atoms with Gasteiger partial charge in [-0.3, -0.25) is 9.59 Å². The van der Waals surface area contributed by atoms with E-state index in [2.05, 4.69) is 5.92 Å². The van der Waals surface area contributed by atoms with Gasteiger partial charge in [-0.2, -0.15) is 13.2 Å². The minimum Gasteiger partial charge on any atom is -0.377 e. The zero-order valence-corrected chi connectivity index (χ0v) is 20.0. The summed E-state index contributed by atoms with van der Waals surface area (Å²) in [6.45, 7) is 3.42. The largest absolute Gasteiger partial charge is 0.457 e. The van der Waals surface area contributed by atoms with Crippen molar-refractivity contribution in [2.24, 2.45) is 17.3 Å². The minimum atomic E-state index is -4.66. The summed E-state index contributed by atoms with van der Waals surface area (Å²) in [5, 5.41) is 11.6. The lowest BCUT2D eigenvalue weighted by Crippen LogP contribution is -2.51. The molecule has 6 heteroatoms. The Morgan fingerprint density at radius 1 is 1.11 bits per heavy atom. The van der Waals surface area contributed by atoms with Gasteiger partial charge in [0.25, 0.3) is 0 Å². The van der Waals surface area contributed by atoms with Crippen molar-refractivity contribution >= 4 is 11.6 Å². The summed E-state index contributed by atoms with van der Waals surface area (Å²) < 4.78 is 39.0. The van der Waals surface area contributed by atoms with Gasteiger partial charge in [0.2, 0.25) is 0 Å². The van der Waals surface area contributed by atoms with Gasteiger partial charge in [-0.1, -0.05) is 42.7 Å². The number of carbonyl (C=O) groups excluding carboxylic acids is 2. The maximum absolute atomic E-state index is 13.0. The summed E-state index contributed by atoms with van der Waals surface area (Å²) in [7, 11) is 0. The number of ketones is 2. The van der Waals surface area contributed by atoms with Gasteiger partial charge in [0.1, 0.15) is 5.60 Å². The molecule has 35 heavy (non-hydrogen) atoms. The zero-order chi connectivity index (χ0) is 25.2. The van der Waals surface area contributed by atoms with E-state index in [-0.39, 0.29) is 35.7 Å². The van der Waals surface area contributed by atoms with E-state index < -0.39 is 17.2 Å². The molecule has 4 aliphatic carbocycles. The third-order valence-electron chi connectivity index (χ3n) is 9.02. The normalized spacial score (nSPS) is 34.3. The Morgan fingerprint density at radius 2 is 1.83 bits per heavy atom. The SMILES string of the molecule is CC(=O)c1ccc([C@H]2C[C@@]3(C)[C@@H](CC[C@@]3(O)C#CC(F)(F)F)[C@@H]3CCC4=CC(=O)CCC4=C32)cc1. The van der Waals surface area contributed by atoms with Crippen molar-refractivity contribution < 1.29 is 27.9 Å². The second-order valence-corrected chi connectivity index (χ2v) is 10.8. The molecule has 0 aromatic heterocycles. The van der Waals surface area contributed by atoms with Gasteiger partial charge in [0.15, 0.2) is 11.6 Å². The topological polar surface area (TPSA) is 54.4 Å². The average Bonchev–Trinajstić information content (AvgIpc) is 3.07. The van der Waals surface area contributed by atoms with Crippen molar-refractivity contribution in [1.29, 1.82) is 0 Å². The van der Waals surface area contributed by atoms with E-state index in [9.17, 15) is 27.9 Å². The summed E-state index contributed by atoms with van der Waals surface area (Å²) in [4.78, 5) is 24.0. The van der Waals surface area contributed by atoms with Crippen molar-refractivity contribution in [3.63, 3.8) is 0 Å². The molecule has 2 fully saturated rings. The third kappa shape index (κ3) is 3.98. The number of rotatable bonds is 2. The maximum atomic E-state index is 13.0. The molecule has 0 bridgehead atoms. The highest BCUT2D eigenvalue weighted by Crippen LogP contribution is 2.66. The van der Waals surface area contributed by atoms with Crippen LogP contribution in [0.5, 0.6) is 0 Å². The van der Waals surface area contributed by atoms with Crippen LogP contribution in [-0.4, -0.2) is 28.5 Å². The number of hydrogen-bond acceptors (Lipinski definition) is 3. The first-order chi connectivity index (χ1) is 16.4. The number of benzene rings is 1. The first kappa shape index (κ1) is 24.1. The first-order valence-electron chi connectivity index (χ1n) is 12.3. The van der Waals surface area contributed by atoms with E-state index in [0.717, 1.165) is 24.0 Å². The number of alkyl halides is 3. The number of carbonyl (C=O) groups is 2. The molecule has 0 spiro atoms. The molecule has 0 radical (unpaired) electrons. The molecule has 2 saturated carbocycles. The van der Waals surface area contributed by atoms with Gasteiger partial charge in [-0.25, -0.2) is 0 Å². The highest BCUT2D eigenvalue weighted by molar-refractivity contribution is 5.94. The van der Waals surface area contributed by atoms with E-state index >= 15 is 0 Å². The molecule has 0 heterocycles. The van der Waals surface area contributed by atoms with E-state index in [1.54, 1.807) is 18.2 Å². The fraction of sp³-hybridized carbons (Fsp3) is 0.517. The number of fused-ring (bicyclic) bond motifs is 4. The fourth-order valence-corrected chi connectivity index (χ4v) is 7.29. The monoisotopic (exact) mass is 482 g/mol. The molecular weight excluding hydrogens is 453 g/mol. The Bertz CT molecular complexity index is 1210. The minimum absolute atomic E-state index is 0.0180. The molecule has 1 aromatic rings. The molecular formula is C29H29F3O3. The van der Waals surface area contributed by atoms with Crippen LogP contribution in [0.3, 0.4) is 0 Å². The molecule has 0 aliphatic heterocycles. The van der Waals surface area contributed by atoms with Crippen molar-refractivity contribution in [2.45, 2.75) is 76.5 Å². The summed E-state index contributed by atoms with van der Waals surface area (Å²) in [5.41, 5.74) is 2.64. The summed E-state index contributed by atoms with van der Waals surface area (Å²) >= 11 is 0. The number of allylic oxidation sites excluding steroid dienone is 4. The summed E-state index contributed by atoms with van der Waals surface area (Å²) in [5.74, 6) is 3.74. The molecule has 0 unspecified atom stereocenters. The number of hydrogen-bond donors (Lipinski definition) is 1. The number of halogens is 3. The van der Waals surface area contributed by atoms with Gasteiger partial charge < -0.3 is 5.11 Å². The number of Topliss-reactive ketones (excluding diaryl/α,β-unsaturated/α-hetero) is 1. The first-order valence-corrected chi connectivity index (χ1v) is 12.3. The summed E-state index contributed by atoms with van der Waals surface area (Å²) in [6, 6.07) is 7.44. The predicted molar refractivity (Wildman–Crippen MR) is 125 cm³/mol. The molecule has 3 nitrogen and oxygen atoms in total. The highest BCUT2D eigenvalue weighted by atomic mass is 19.4. The average molecular weight is 483 g/mol. The lowest BCUT2D eigenvalue weighted by molar-refractivity contribution is -0.114. The Hall–Kier alpha value is -2.65. The van der Waals surface area contributed by atoms with Crippen LogP contribution in [0.2, 0.25) is 0 Å². The van der Waals surface area contributed by atoms with E-state index in [1.807, 2.05) is 19.1 Å². The molecule has 0 saturated heterocycles. The molecule has 1 aromatic carbocycles. The van der Waals surface area contributed by atoms with Crippen LogP contribution in [0.1, 0.15) is 80.6 Å². The molecule has 4 aliphatic rings. The van der Waals surface area contributed by atoms with Crippen molar-refractivity contribution in [3.05, 3.63) is 58.2 Å². The molecule has 0 amide bonds. The van der Waals surface area contributed by atoms with Crippen molar-refractivity contribution in [2.75, 3.05) is 0 Å². The van der Waals surface area contributed by atoms with Crippen LogP contribution in [0.25, 0.3) is 0 Å². The van der Waals surface area contributed by atoms with E-state index in [0.29, 0.717) is 31.2 Å². The molecule has 1 N–H and O–H groups in total. The highest BCUT2D eigenvalue weighted by Gasteiger charge is 2.62. The van der Waals surface area contributed by atoms with Crippen molar-refractivity contribution in [1.82, 2.24) is 0 Å². The second kappa shape index (κ2) is 8.20. The molecule has 5 atom stereocenters. The summed E-state index contributed by atoms with van der Waals surface area (Å²) in [6.07, 6.45) is 1.14. The Morgan fingerprint density at radius 3 is 2.49 bits per heavy atom. The second-order valence-electron chi connectivity index (χ2n) is 10.8. The Kier molecular flexibility index (Phi) is 5.64. The smallest absolute Gasteiger partial charge is 0.377 e. The van der Waals surface area contributed by atoms with Crippen LogP contribution >= 0.6 is 0 Å². The lowest BCUT2D eigenvalue weighted by Gasteiger charge is -2.53. The van der Waals surface area contributed by atoms with Crippen LogP contribution in [-0.2, 0) is 4.79 Å². The Labute approximate surface area is 203 Å². The van der Waals surface area contributed by atoms with Gasteiger partial charge in [-0.05, 0) is 80.1 Å². The van der Waals surface area contributed by atoms with Gasteiger partial charge in [0.05, 0.1) is 0 Å². The fourth-order valence-electron chi connectivity index (χ4n) is 7.29. The quantitative estimate of drug-likeness (QED) is 0.410. The van der Waals surface area contributed by atoms with Crippen LogP contribution in [0.4, 0.5) is 13.2 Å². The standard InChI is InChI=1S/C29H29F3O3/c1-17(33)18-3-5-19(6-4-18)24-16-27(2)25(11-12-28(27,35)13-14-29(30,31)32)23-9-7-20-15-21(34)8-10-22(20)26(23)24/h3-6,15,23-25,35H,7-12,16H2,1-2H3/t23-,24+,25-,27-,28+/m0/s1. The Balaban J connectivity index is 1.65. The van der Waals surface area contributed by atoms with E-state index in [4.69, 9.17) is 0 Å². The van der Waals surface area contributed by atoms with Crippen LogP contribution in [0, 0.1) is 29.1 Å². The lowest BCUT2D eigenvalue weighted by atomic mass is 9.51.